The molecule has 2 heterocycles. The van der Waals surface area contributed by atoms with E-state index < -0.39 is 5.97 Å². The molecule has 3 rings (SSSR count). The van der Waals surface area contributed by atoms with Crippen LogP contribution in [-0.2, 0) is 22.5 Å². The van der Waals surface area contributed by atoms with E-state index in [1.807, 2.05) is 18.2 Å². The van der Waals surface area contributed by atoms with Gasteiger partial charge in [-0.25, -0.2) is 4.79 Å². The molecule has 0 fully saturated rings. The number of benzene rings is 1. The highest BCUT2D eigenvalue weighted by molar-refractivity contribution is 5.84. The molecule has 1 amide bonds. The summed E-state index contributed by atoms with van der Waals surface area (Å²) in [5, 5.41) is 11.5. The Bertz CT molecular complexity index is 721. The number of hydrogen-bond donors (Lipinski definition) is 2. The van der Waals surface area contributed by atoms with Crippen molar-refractivity contribution < 1.29 is 23.8 Å². The van der Waals surface area contributed by atoms with Crippen molar-refractivity contribution in [3.8, 4) is 0 Å². The second kappa shape index (κ2) is 6.66. The van der Waals surface area contributed by atoms with Gasteiger partial charge in [0.1, 0.15) is 5.76 Å². The van der Waals surface area contributed by atoms with Gasteiger partial charge >= 0.3 is 5.97 Å². The number of carbonyl (C=O) groups excluding carboxylic acids is 1. The molecule has 0 spiro atoms. The van der Waals surface area contributed by atoms with Crippen LogP contribution in [0.25, 0.3) is 0 Å². The maximum absolute atomic E-state index is 12.1. The van der Waals surface area contributed by atoms with E-state index in [-0.39, 0.29) is 30.7 Å². The fraction of sp³-hybridized carbons (Fsp3) is 0.294. The fourth-order valence-corrected chi connectivity index (χ4v) is 2.66. The molecular weight excluding hydrogens is 298 g/mol. The standard InChI is InChI=1S/C17H17NO5/c19-16(18-10-12-5-6-14(23-12)17(20)21)9-15-13-4-2-1-3-11(13)7-8-22-15/h1-6,15H,7-10H2,(H,18,19)(H,20,21). The highest BCUT2D eigenvalue weighted by atomic mass is 16.5. The molecule has 1 unspecified atom stereocenters. The molecule has 1 aliphatic heterocycles. The van der Waals surface area contributed by atoms with Gasteiger partial charge in [-0.05, 0) is 29.7 Å². The first-order chi connectivity index (χ1) is 11.1. The van der Waals surface area contributed by atoms with Crippen LogP contribution < -0.4 is 5.32 Å². The molecule has 6 heteroatoms. The Morgan fingerprint density at radius 3 is 2.83 bits per heavy atom. The second-order valence-electron chi connectivity index (χ2n) is 5.36. The summed E-state index contributed by atoms with van der Waals surface area (Å²) in [5.41, 5.74) is 2.27. The van der Waals surface area contributed by atoms with Gasteiger partial charge < -0.3 is 19.6 Å². The molecule has 0 saturated carbocycles. The number of carboxylic acid groups (broad SMARTS) is 1. The minimum absolute atomic E-state index is 0.140. The number of fused-ring (bicyclic) bond motifs is 1. The summed E-state index contributed by atoms with van der Waals surface area (Å²) < 4.78 is 10.8. The third-order valence-corrected chi connectivity index (χ3v) is 3.80. The monoisotopic (exact) mass is 315 g/mol. The van der Waals surface area contributed by atoms with E-state index in [9.17, 15) is 9.59 Å². The van der Waals surface area contributed by atoms with Crippen LogP contribution in [-0.4, -0.2) is 23.6 Å². The fourth-order valence-electron chi connectivity index (χ4n) is 2.66. The van der Waals surface area contributed by atoms with Crippen LogP contribution in [0, 0.1) is 0 Å². The molecule has 0 radical (unpaired) electrons. The molecule has 0 saturated heterocycles. The van der Waals surface area contributed by atoms with Gasteiger partial charge in [-0.1, -0.05) is 24.3 Å². The van der Waals surface area contributed by atoms with Crippen LogP contribution >= 0.6 is 0 Å². The van der Waals surface area contributed by atoms with E-state index in [1.165, 1.54) is 17.7 Å². The maximum Gasteiger partial charge on any atom is 0.371 e. The summed E-state index contributed by atoms with van der Waals surface area (Å²) in [4.78, 5) is 22.8. The lowest BCUT2D eigenvalue weighted by molar-refractivity contribution is -0.124. The highest BCUT2D eigenvalue weighted by Crippen LogP contribution is 2.29. The number of hydrogen-bond acceptors (Lipinski definition) is 4. The van der Waals surface area contributed by atoms with Crippen LogP contribution in [0.5, 0.6) is 0 Å². The first kappa shape index (κ1) is 15.3. The number of furan rings is 1. The Balaban J connectivity index is 1.56. The molecule has 2 aromatic rings. The minimum atomic E-state index is -1.13. The third-order valence-electron chi connectivity index (χ3n) is 3.80. The average Bonchev–Trinajstić information content (AvgIpc) is 3.03. The molecule has 1 aromatic carbocycles. The Morgan fingerprint density at radius 1 is 1.22 bits per heavy atom. The quantitative estimate of drug-likeness (QED) is 0.884. The molecule has 23 heavy (non-hydrogen) atoms. The Labute approximate surface area is 133 Å². The van der Waals surface area contributed by atoms with Crippen molar-refractivity contribution >= 4 is 11.9 Å². The lowest BCUT2D eigenvalue weighted by atomic mass is 9.95. The van der Waals surface area contributed by atoms with E-state index >= 15 is 0 Å². The molecule has 0 aliphatic carbocycles. The molecule has 1 aromatic heterocycles. The largest absolute Gasteiger partial charge is 0.475 e. The average molecular weight is 315 g/mol. The molecule has 120 valence electrons. The third kappa shape index (κ3) is 3.60. The summed E-state index contributed by atoms with van der Waals surface area (Å²) in [5.74, 6) is -1.03. The zero-order chi connectivity index (χ0) is 16.2. The maximum atomic E-state index is 12.1. The molecule has 0 bridgehead atoms. The van der Waals surface area contributed by atoms with Crippen molar-refractivity contribution in [3.05, 3.63) is 59.0 Å². The molecule has 1 aliphatic rings. The van der Waals surface area contributed by atoms with Gasteiger partial charge in [0.15, 0.2) is 0 Å². The van der Waals surface area contributed by atoms with Crippen LogP contribution in [0.15, 0.2) is 40.8 Å². The van der Waals surface area contributed by atoms with Gasteiger partial charge in [0, 0.05) is 0 Å². The molecular formula is C17H17NO5. The van der Waals surface area contributed by atoms with E-state index in [2.05, 4.69) is 11.4 Å². The van der Waals surface area contributed by atoms with Crippen molar-refractivity contribution in [1.82, 2.24) is 5.32 Å². The summed E-state index contributed by atoms with van der Waals surface area (Å²) >= 11 is 0. The molecule has 6 nitrogen and oxygen atoms in total. The van der Waals surface area contributed by atoms with Gasteiger partial charge in [0.05, 0.1) is 25.7 Å². The van der Waals surface area contributed by atoms with Crippen molar-refractivity contribution in [2.45, 2.75) is 25.5 Å². The van der Waals surface area contributed by atoms with E-state index in [0.717, 1.165) is 12.0 Å². The SMILES string of the molecule is O=C(CC1OCCc2ccccc21)NCc1ccc(C(=O)O)o1. The summed E-state index contributed by atoms with van der Waals surface area (Å²) in [6.45, 7) is 0.760. The van der Waals surface area contributed by atoms with Gasteiger partial charge in [0.2, 0.25) is 11.7 Å². The predicted octanol–water partition coefficient (Wildman–Crippen LogP) is 2.30. The van der Waals surface area contributed by atoms with Gasteiger partial charge in [0.25, 0.3) is 0 Å². The number of carbonyl (C=O) groups is 2. The van der Waals surface area contributed by atoms with Crippen molar-refractivity contribution in [3.63, 3.8) is 0 Å². The number of ether oxygens (including phenoxy) is 1. The van der Waals surface area contributed by atoms with Gasteiger partial charge in [-0.3, -0.25) is 4.79 Å². The van der Waals surface area contributed by atoms with Crippen LogP contribution in [0.4, 0.5) is 0 Å². The van der Waals surface area contributed by atoms with E-state index in [1.54, 1.807) is 0 Å². The van der Waals surface area contributed by atoms with Crippen LogP contribution in [0.2, 0.25) is 0 Å². The Morgan fingerprint density at radius 2 is 2.04 bits per heavy atom. The van der Waals surface area contributed by atoms with E-state index in [4.69, 9.17) is 14.3 Å². The minimum Gasteiger partial charge on any atom is -0.475 e. The smallest absolute Gasteiger partial charge is 0.371 e. The zero-order valence-electron chi connectivity index (χ0n) is 12.5. The number of rotatable bonds is 5. The Hall–Kier alpha value is -2.60. The number of nitrogens with one attached hydrogen (secondary N) is 1. The second-order valence-corrected chi connectivity index (χ2v) is 5.36. The van der Waals surface area contributed by atoms with Crippen molar-refractivity contribution in [1.29, 1.82) is 0 Å². The van der Waals surface area contributed by atoms with Crippen molar-refractivity contribution in [2.24, 2.45) is 0 Å². The normalized spacial score (nSPS) is 16.6. The number of aromatic carboxylic acids is 1. The number of carboxylic acids is 1. The first-order valence-electron chi connectivity index (χ1n) is 7.41. The van der Waals surface area contributed by atoms with Crippen LogP contribution in [0.3, 0.4) is 0 Å². The highest BCUT2D eigenvalue weighted by Gasteiger charge is 2.23. The Kier molecular flexibility index (Phi) is 4.43. The lowest BCUT2D eigenvalue weighted by Crippen LogP contribution is -2.27. The van der Waals surface area contributed by atoms with Crippen LogP contribution in [0.1, 0.15) is 40.0 Å². The number of amides is 1. The summed E-state index contributed by atoms with van der Waals surface area (Å²) in [6, 6.07) is 10.9. The molecule has 2 N–H and O–H groups in total. The first-order valence-corrected chi connectivity index (χ1v) is 7.41. The zero-order valence-corrected chi connectivity index (χ0v) is 12.5. The topological polar surface area (TPSA) is 88.8 Å². The lowest BCUT2D eigenvalue weighted by Gasteiger charge is -2.25. The van der Waals surface area contributed by atoms with Gasteiger partial charge in [-0.2, -0.15) is 0 Å². The van der Waals surface area contributed by atoms with E-state index in [0.29, 0.717) is 12.4 Å². The summed E-state index contributed by atoms with van der Waals surface area (Å²) in [7, 11) is 0. The molecule has 1 atom stereocenters. The summed E-state index contributed by atoms with van der Waals surface area (Å²) in [6.07, 6.45) is 0.841. The van der Waals surface area contributed by atoms with Crippen molar-refractivity contribution in [2.75, 3.05) is 6.61 Å². The predicted molar refractivity (Wildman–Crippen MR) is 81.0 cm³/mol. The van der Waals surface area contributed by atoms with Gasteiger partial charge in [-0.15, -0.1) is 0 Å².